The van der Waals surface area contributed by atoms with E-state index in [4.69, 9.17) is 0 Å². The molecule has 0 N–H and O–H groups in total. The van der Waals surface area contributed by atoms with Crippen LogP contribution in [-0.4, -0.2) is 73.1 Å². The van der Waals surface area contributed by atoms with E-state index >= 15 is 0 Å². The van der Waals surface area contributed by atoms with Gasteiger partial charge in [-0.3, -0.25) is 9.80 Å². The van der Waals surface area contributed by atoms with Gasteiger partial charge in [0.15, 0.2) is 0 Å². The van der Waals surface area contributed by atoms with E-state index in [2.05, 4.69) is 42.6 Å². The lowest BCUT2D eigenvalue weighted by Gasteiger charge is -2.46. The summed E-state index contributed by atoms with van der Waals surface area (Å²) in [4.78, 5) is 7.62. The van der Waals surface area contributed by atoms with Crippen LogP contribution in [0.3, 0.4) is 0 Å². The average molecular weight is 211 g/mol. The minimum Gasteiger partial charge on any atom is -0.304 e. The molecule has 0 spiro atoms. The Balaban J connectivity index is 1.74. The van der Waals surface area contributed by atoms with Gasteiger partial charge in [-0.2, -0.15) is 0 Å². The Bertz CT molecular complexity index is 209. The second kappa shape index (κ2) is 4.40. The molecule has 88 valence electrons. The van der Waals surface area contributed by atoms with Crippen molar-refractivity contribution in [3.63, 3.8) is 0 Å². The lowest BCUT2D eigenvalue weighted by Crippen LogP contribution is -2.61. The number of nitrogens with zero attached hydrogens (tertiary/aromatic N) is 3. The van der Waals surface area contributed by atoms with Crippen LogP contribution in [0, 0.1) is 0 Å². The third-order valence-electron chi connectivity index (χ3n) is 4.06. The molecule has 1 unspecified atom stereocenters. The van der Waals surface area contributed by atoms with Gasteiger partial charge in [0.2, 0.25) is 0 Å². The van der Waals surface area contributed by atoms with Gasteiger partial charge in [0.1, 0.15) is 0 Å². The monoisotopic (exact) mass is 211 g/mol. The first-order valence-electron chi connectivity index (χ1n) is 6.22. The van der Waals surface area contributed by atoms with Gasteiger partial charge in [-0.1, -0.05) is 0 Å². The topological polar surface area (TPSA) is 9.72 Å². The summed E-state index contributed by atoms with van der Waals surface area (Å²) >= 11 is 0. The quantitative estimate of drug-likeness (QED) is 0.681. The molecular weight excluding hydrogens is 186 g/mol. The molecule has 0 saturated carbocycles. The fourth-order valence-electron chi connectivity index (χ4n) is 2.65. The molecule has 2 fully saturated rings. The maximum absolute atomic E-state index is 2.66. The predicted molar refractivity (Wildman–Crippen MR) is 64.2 cm³/mol. The molecule has 0 aromatic rings. The maximum Gasteiger partial charge on any atom is 0.0344 e. The van der Waals surface area contributed by atoms with E-state index in [1.807, 2.05) is 0 Å². The highest BCUT2D eigenvalue weighted by Crippen LogP contribution is 2.23. The molecule has 0 aliphatic carbocycles. The standard InChI is InChI=1S/C12H25N3/c1-10(2)14-6-5-11(7-14)15-8-12(9-15)13(3)4/h10-12H,5-9H2,1-4H3. The molecule has 2 heterocycles. The van der Waals surface area contributed by atoms with Crippen LogP contribution in [0.5, 0.6) is 0 Å². The van der Waals surface area contributed by atoms with Crippen LogP contribution in [0.25, 0.3) is 0 Å². The SMILES string of the molecule is CC(C)N1CCC(N2CC(N(C)C)C2)C1. The molecule has 15 heavy (non-hydrogen) atoms. The van der Waals surface area contributed by atoms with Crippen LogP contribution in [0.15, 0.2) is 0 Å². The fourth-order valence-corrected chi connectivity index (χ4v) is 2.65. The van der Waals surface area contributed by atoms with Gasteiger partial charge in [-0.15, -0.1) is 0 Å². The van der Waals surface area contributed by atoms with E-state index in [-0.39, 0.29) is 0 Å². The van der Waals surface area contributed by atoms with E-state index in [0.717, 1.165) is 18.1 Å². The van der Waals surface area contributed by atoms with E-state index in [1.54, 1.807) is 0 Å². The number of likely N-dealkylation sites (N-methyl/N-ethyl adjacent to an activating group) is 1. The van der Waals surface area contributed by atoms with Gasteiger partial charge in [0.05, 0.1) is 0 Å². The molecule has 2 aliphatic rings. The molecule has 3 nitrogen and oxygen atoms in total. The molecule has 2 aliphatic heterocycles. The molecule has 2 rings (SSSR count). The predicted octanol–water partition coefficient (Wildman–Crippen LogP) is 0.715. The zero-order chi connectivity index (χ0) is 11.0. The Morgan fingerprint density at radius 2 is 1.80 bits per heavy atom. The maximum atomic E-state index is 2.66. The van der Waals surface area contributed by atoms with Gasteiger partial charge >= 0.3 is 0 Å². The molecular formula is C12H25N3. The van der Waals surface area contributed by atoms with Crippen molar-refractivity contribution >= 4 is 0 Å². The number of likely N-dealkylation sites (tertiary alicyclic amines) is 2. The summed E-state index contributed by atoms with van der Waals surface area (Å²) in [5.41, 5.74) is 0. The van der Waals surface area contributed by atoms with Crippen LogP contribution >= 0.6 is 0 Å². The summed E-state index contributed by atoms with van der Waals surface area (Å²) in [5.74, 6) is 0. The first-order chi connectivity index (χ1) is 7.08. The fraction of sp³-hybridized carbons (Fsp3) is 1.00. The highest BCUT2D eigenvalue weighted by atomic mass is 15.3. The lowest BCUT2D eigenvalue weighted by molar-refractivity contribution is 0.0291. The van der Waals surface area contributed by atoms with Crippen LogP contribution in [-0.2, 0) is 0 Å². The third kappa shape index (κ3) is 2.35. The highest BCUT2D eigenvalue weighted by Gasteiger charge is 2.36. The molecule has 0 bridgehead atoms. The van der Waals surface area contributed by atoms with Gasteiger partial charge in [0, 0.05) is 44.3 Å². The summed E-state index contributed by atoms with van der Waals surface area (Å²) in [5, 5.41) is 0. The minimum absolute atomic E-state index is 0.723. The molecule has 0 aromatic carbocycles. The largest absolute Gasteiger partial charge is 0.304 e. The smallest absolute Gasteiger partial charge is 0.0344 e. The Morgan fingerprint density at radius 1 is 1.13 bits per heavy atom. The zero-order valence-corrected chi connectivity index (χ0v) is 10.6. The third-order valence-corrected chi connectivity index (χ3v) is 4.06. The number of hydrogen-bond acceptors (Lipinski definition) is 3. The second-order valence-electron chi connectivity index (χ2n) is 5.60. The molecule has 0 radical (unpaired) electrons. The van der Waals surface area contributed by atoms with Crippen LogP contribution in [0.1, 0.15) is 20.3 Å². The Hall–Kier alpha value is -0.120. The molecule has 0 amide bonds. The van der Waals surface area contributed by atoms with Crippen LogP contribution < -0.4 is 0 Å². The van der Waals surface area contributed by atoms with E-state index in [1.165, 1.54) is 32.6 Å². The van der Waals surface area contributed by atoms with E-state index in [9.17, 15) is 0 Å². The van der Waals surface area contributed by atoms with Crippen LogP contribution in [0.4, 0.5) is 0 Å². The van der Waals surface area contributed by atoms with Gasteiger partial charge < -0.3 is 4.90 Å². The molecule has 0 aromatic heterocycles. The van der Waals surface area contributed by atoms with Crippen LogP contribution in [0.2, 0.25) is 0 Å². The second-order valence-corrected chi connectivity index (χ2v) is 5.60. The molecule has 2 saturated heterocycles. The first-order valence-corrected chi connectivity index (χ1v) is 6.22. The Morgan fingerprint density at radius 3 is 2.27 bits per heavy atom. The van der Waals surface area contributed by atoms with E-state index < -0.39 is 0 Å². The van der Waals surface area contributed by atoms with Gasteiger partial charge in [0.25, 0.3) is 0 Å². The van der Waals surface area contributed by atoms with Crippen molar-refractivity contribution in [2.75, 3.05) is 40.3 Å². The van der Waals surface area contributed by atoms with Gasteiger partial charge in [-0.25, -0.2) is 0 Å². The van der Waals surface area contributed by atoms with Crippen molar-refractivity contribution in [1.82, 2.24) is 14.7 Å². The summed E-state index contributed by atoms with van der Waals surface area (Å²) in [6, 6.07) is 2.36. The summed E-state index contributed by atoms with van der Waals surface area (Å²) < 4.78 is 0. The number of hydrogen-bond donors (Lipinski definition) is 0. The van der Waals surface area contributed by atoms with E-state index in [0.29, 0.717) is 0 Å². The van der Waals surface area contributed by atoms with Crippen molar-refractivity contribution in [3.8, 4) is 0 Å². The van der Waals surface area contributed by atoms with Crippen molar-refractivity contribution in [3.05, 3.63) is 0 Å². The molecule has 3 heteroatoms. The zero-order valence-electron chi connectivity index (χ0n) is 10.6. The summed E-state index contributed by atoms with van der Waals surface area (Å²) in [7, 11) is 4.38. The summed E-state index contributed by atoms with van der Waals surface area (Å²) in [6.45, 7) is 9.76. The Kier molecular flexibility index (Phi) is 3.33. The van der Waals surface area contributed by atoms with Crippen molar-refractivity contribution in [1.29, 1.82) is 0 Å². The first kappa shape index (κ1) is 11.4. The van der Waals surface area contributed by atoms with Crippen molar-refractivity contribution < 1.29 is 0 Å². The van der Waals surface area contributed by atoms with Crippen molar-refractivity contribution in [2.24, 2.45) is 0 Å². The minimum atomic E-state index is 0.723. The normalized spacial score (nSPS) is 30.4. The van der Waals surface area contributed by atoms with Gasteiger partial charge in [-0.05, 0) is 34.4 Å². The average Bonchev–Trinajstić information content (AvgIpc) is 2.49. The Labute approximate surface area is 94.0 Å². The molecule has 1 atom stereocenters. The summed E-state index contributed by atoms with van der Waals surface area (Å²) in [6.07, 6.45) is 1.37. The highest BCUT2D eigenvalue weighted by molar-refractivity contribution is 4.94. The number of rotatable bonds is 3. The van der Waals surface area contributed by atoms with Crippen molar-refractivity contribution in [2.45, 2.75) is 38.4 Å². The lowest BCUT2D eigenvalue weighted by atomic mass is 10.0.